The number of benzene rings is 2. The normalized spacial score (nSPS) is 18.2. The van der Waals surface area contributed by atoms with Gasteiger partial charge in [0.05, 0.1) is 24.9 Å². The van der Waals surface area contributed by atoms with Gasteiger partial charge in [-0.2, -0.15) is 0 Å². The van der Waals surface area contributed by atoms with Gasteiger partial charge < -0.3 is 19.5 Å². The molecule has 0 bridgehead atoms. The van der Waals surface area contributed by atoms with E-state index in [0.717, 1.165) is 16.6 Å². The van der Waals surface area contributed by atoms with Crippen LogP contribution in [0.5, 0.6) is 11.5 Å². The largest absolute Gasteiger partial charge is 0.497 e. The minimum Gasteiger partial charge on any atom is -0.497 e. The van der Waals surface area contributed by atoms with E-state index in [9.17, 15) is 14.7 Å². The van der Waals surface area contributed by atoms with Crippen LogP contribution in [0.15, 0.2) is 54.6 Å². The molecule has 1 saturated heterocycles. The Morgan fingerprint density at radius 3 is 2.50 bits per heavy atom. The molecule has 1 aliphatic rings. The molecule has 1 aromatic heterocycles. The summed E-state index contributed by atoms with van der Waals surface area (Å²) >= 11 is 0. The number of likely N-dealkylation sites (tertiary alicyclic amines) is 1. The highest BCUT2D eigenvalue weighted by molar-refractivity contribution is 5.89. The number of fused-ring (bicyclic) bond motifs is 1. The van der Waals surface area contributed by atoms with Gasteiger partial charge in [0, 0.05) is 35.9 Å². The zero-order valence-corrected chi connectivity index (χ0v) is 19.9. The number of carbonyl (C=O) groups is 2. The summed E-state index contributed by atoms with van der Waals surface area (Å²) < 4.78 is 11.7. The van der Waals surface area contributed by atoms with Gasteiger partial charge in [-0.15, -0.1) is 0 Å². The van der Waals surface area contributed by atoms with E-state index < -0.39 is 18.1 Å². The summed E-state index contributed by atoms with van der Waals surface area (Å²) in [7, 11) is 1.60. The number of aromatic nitrogens is 1. The van der Waals surface area contributed by atoms with Crippen molar-refractivity contribution in [2.75, 3.05) is 13.7 Å². The molecule has 178 valence electrons. The van der Waals surface area contributed by atoms with Crippen molar-refractivity contribution in [1.29, 1.82) is 0 Å². The average Bonchev–Trinajstić information content (AvgIpc) is 3.22. The minimum absolute atomic E-state index is 0.166. The molecule has 0 saturated carbocycles. The number of pyridine rings is 1. The van der Waals surface area contributed by atoms with Crippen molar-refractivity contribution < 1.29 is 24.2 Å². The molecule has 0 aliphatic carbocycles. The fraction of sp³-hybridized carbons (Fsp3) is 0.370. The van der Waals surface area contributed by atoms with E-state index in [1.807, 2.05) is 75.4 Å². The van der Waals surface area contributed by atoms with E-state index in [-0.39, 0.29) is 30.7 Å². The van der Waals surface area contributed by atoms with Crippen LogP contribution < -0.4 is 9.47 Å². The number of rotatable bonds is 6. The molecule has 0 radical (unpaired) electrons. The number of hydrogen-bond donors (Lipinski definition) is 1. The van der Waals surface area contributed by atoms with Crippen LogP contribution in [-0.4, -0.2) is 52.7 Å². The maximum atomic E-state index is 12.9. The third kappa shape index (κ3) is 5.14. The molecule has 7 nitrogen and oxygen atoms in total. The van der Waals surface area contributed by atoms with Gasteiger partial charge in [0.1, 0.15) is 23.6 Å². The van der Waals surface area contributed by atoms with Crippen LogP contribution in [0.25, 0.3) is 22.2 Å². The predicted molar refractivity (Wildman–Crippen MR) is 130 cm³/mol. The van der Waals surface area contributed by atoms with E-state index >= 15 is 0 Å². The van der Waals surface area contributed by atoms with Gasteiger partial charge >= 0.3 is 5.97 Å². The van der Waals surface area contributed by atoms with Crippen molar-refractivity contribution in [3.8, 4) is 22.8 Å². The highest BCUT2D eigenvalue weighted by Gasteiger charge is 2.41. The number of hydrogen-bond acceptors (Lipinski definition) is 5. The molecule has 1 N–H and O–H groups in total. The fourth-order valence-corrected chi connectivity index (χ4v) is 4.28. The molecule has 0 spiro atoms. The summed E-state index contributed by atoms with van der Waals surface area (Å²) in [5.74, 6) is 0.107. The van der Waals surface area contributed by atoms with Gasteiger partial charge in [0.15, 0.2) is 0 Å². The molecule has 2 atom stereocenters. The Balaban J connectivity index is 1.68. The first-order valence-electron chi connectivity index (χ1n) is 11.4. The molecule has 34 heavy (non-hydrogen) atoms. The second-order valence-electron chi connectivity index (χ2n) is 9.87. The van der Waals surface area contributed by atoms with E-state index in [4.69, 9.17) is 14.5 Å². The molecular weight excluding hydrogens is 432 g/mol. The van der Waals surface area contributed by atoms with Gasteiger partial charge in [-0.3, -0.25) is 4.79 Å². The Kier molecular flexibility index (Phi) is 6.46. The third-order valence-corrected chi connectivity index (χ3v) is 5.89. The van der Waals surface area contributed by atoms with E-state index in [2.05, 4.69) is 0 Å². The van der Waals surface area contributed by atoms with Gasteiger partial charge in [0.25, 0.3) is 0 Å². The van der Waals surface area contributed by atoms with E-state index in [1.165, 1.54) is 4.90 Å². The standard InChI is InChI=1S/C27H30N2O5/c1-27(2,3)15-25(30)29-16-19(13-23(29)26(31)32)34-24-14-21(17-8-6-5-7-9-17)28-22-12-18(33-4)10-11-20(22)24/h5-12,14,19,23H,13,15-16H2,1-4H3,(H,31,32)/t19-,23+/m1/s1. The summed E-state index contributed by atoms with van der Waals surface area (Å²) in [5, 5.41) is 10.6. The minimum atomic E-state index is -1.01. The molecule has 0 unspecified atom stereocenters. The zero-order valence-electron chi connectivity index (χ0n) is 19.9. The van der Waals surface area contributed by atoms with Crippen LogP contribution in [0.3, 0.4) is 0 Å². The smallest absolute Gasteiger partial charge is 0.326 e. The lowest BCUT2D eigenvalue weighted by Gasteiger charge is -2.25. The van der Waals surface area contributed by atoms with Crippen LogP contribution >= 0.6 is 0 Å². The highest BCUT2D eigenvalue weighted by atomic mass is 16.5. The molecule has 2 heterocycles. The van der Waals surface area contributed by atoms with Crippen LogP contribution in [-0.2, 0) is 9.59 Å². The Labute approximate surface area is 199 Å². The molecule has 2 aromatic carbocycles. The molecule has 1 aliphatic heterocycles. The summed E-state index contributed by atoms with van der Waals surface area (Å²) in [6.45, 7) is 6.13. The number of carboxylic acids is 1. The number of carboxylic acid groups (broad SMARTS) is 1. The van der Waals surface area contributed by atoms with Gasteiger partial charge in [0.2, 0.25) is 5.91 Å². The predicted octanol–water partition coefficient (Wildman–Crippen LogP) is 4.78. The van der Waals surface area contributed by atoms with Gasteiger partial charge in [-0.1, -0.05) is 51.1 Å². The van der Waals surface area contributed by atoms with Gasteiger partial charge in [-0.05, 0) is 17.5 Å². The average molecular weight is 463 g/mol. The number of amides is 1. The maximum absolute atomic E-state index is 12.9. The van der Waals surface area contributed by atoms with Crippen LogP contribution in [0, 0.1) is 5.41 Å². The number of aliphatic carboxylic acids is 1. The fourth-order valence-electron chi connectivity index (χ4n) is 4.28. The van der Waals surface area contributed by atoms with Crippen molar-refractivity contribution in [3.63, 3.8) is 0 Å². The molecule has 7 heteroatoms. The summed E-state index contributed by atoms with van der Waals surface area (Å²) in [4.78, 5) is 31.1. The topological polar surface area (TPSA) is 89.0 Å². The quantitative estimate of drug-likeness (QED) is 0.567. The lowest BCUT2D eigenvalue weighted by molar-refractivity contribution is -0.148. The first-order chi connectivity index (χ1) is 16.1. The van der Waals surface area contributed by atoms with Crippen molar-refractivity contribution in [3.05, 3.63) is 54.6 Å². The number of carbonyl (C=O) groups excluding carboxylic acids is 1. The Hall–Kier alpha value is -3.61. The monoisotopic (exact) mass is 462 g/mol. The van der Waals surface area contributed by atoms with Crippen molar-refractivity contribution in [2.24, 2.45) is 5.41 Å². The van der Waals surface area contributed by atoms with Crippen molar-refractivity contribution in [1.82, 2.24) is 9.88 Å². The lowest BCUT2D eigenvalue weighted by Crippen LogP contribution is -2.42. The number of ether oxygens (including phenoxy) is 2. The van der Waals surface area contributed by atoms with Crippen molar-refractivity contribution >= 4 is 22.8 Å². The second-order valence-corrected chi connectivity index (χ2v) is 9.87. The Bertz CT molecular complexity index is 1200. The molecule has 4 rings (SSSR count). The van der Waals surface area contributed by atoms with Crippen LogP contribution in [0.4, 0.5) is 0 Å². The molecular formula is C27H30N2O5. The van der Waals surface area contributed by atoms with Crippen LogP contribution in [0.1, 0.15) is 33.6 Å². The summed E-state index contributed by atoms with van der Waals surface area (Å²) in [6, 6.07) is 16.3. The number of methoxy groups -OCH3 is 1. The molecule has 3 aromatic rings. The SMILES string of the molecule is COc1ccc2c(O[C@@H]3C[C@@H](C(=O)O)N(C(=O)CC(C)(C)C)C3)cc(-c3ccccc3)nc2c1. The first kappa shape index (κ1) is 23.5. The maximum Gasteiger partial charge on any atom is 0.326 e. The van der Waals surface area contributed by atoms with E-state index in [0.29, 0.717) is 17.0 Å². The second kappa shape index (κ2) is 9.33. The lowest BCUT2D eigenvalue weighted by atomic mass is 9.91. The Morgan fingerprint density at radius 1 is 1.12 bits per heavy atom. The van der Waals surface area contributed by atoms with Gasteiger partial charge in [-0.25, -0.2) is 9.78 Å². The molecule has 1 fully saturated rings. The summed E-state index contributed by atoms with van der Waals surface area (Å²) in [5.41, 5.74) is 2.16. The van der Waals surface area contributed by atoms with Crippen LogP contribution in [0.2, 0.25) is 0 Å². The van der Waals surface area contributed by atoms with Crippen molar-refractivity contribution in [2.45, 2.75) is 45.8 Å². The summed E-state index contributed by atoms with van der Waals surface area (Å²) in [6.07, 6.45) is 0.0623. The molecule has 1 amide bonds. The third-order valence-electron chi connectivity index (χ3n) is 5.89. The highest BCUT2D eigenvalue weighted by Crippen LogP contribution is 2.35. The zero-order chi connectivity index (χ0) is 24.5. The number of nitrogens with zero attached hydrogens (tertiary/aromatic N) is 2. The van der Waals surface area contributed by atoms with E-state index in [1.54, 1.807) is 7.11 Å². The first-order valence-corrected chi connectivity index (χ1v) is 11.4. The Morgan fingerprint density at radius 2 is 1.85 bits per heavy atom.